The van der Waals surface area contributed by atoms with Crippen LogP contribution in [-0.2, 0) is 4.79 Å². The Kier molecular flexibility index (Phi) is 8.46. The third-order valence-electron chi connectivity index (χ3n) is 7.88. The first-order chi connectivity index (χ1) is 19.2. The quantitative estimate of drug-likeness (QED) is 0.224. The van der Waals surface area contributed by atoms with Gasteiger partial charge in [-0.3, -0.25) is 14.5 Å². The lowest BCUT2D eigenvalue weighted by molar-refractivity contribution is -0.136. The van der Waals surface area contributed by atoms with Crippen LogP contribution in [0.2, 0.25) is 10.0 Å². The van der Waals surface area contributed by atoms with Gasteiger partial charge in [0.25, 0.3) is 5.91 Å². The van der Waals surface area contributed by atoms with Gasteiger partial charge in [-0.05, 0) is 90.0 Å². The lowest BCUT2D eigenvalue weighted by atomic mass is 9.92. The lowest BCUT2D eigenvalue weighted by Crippen LogP contribution is -2.28. The van der Waals surface area contributed by atoms with E-state index in [0.29, 0.717) is 15.6 Å². The van der Waals surface area contributed by atoms with Crippen LogP contribution in [0.1, 0.15) is 70.4 Å². The van der Waals surface area contributed by atoms with Crippen molar-refractivity contribution in [3.8, 4) is 0 Å². The molecule has 1 unspecified atom stereocenters. The van der Waals surface area contributed by atoms with Gasteiger partial charge in [0.2, 0.25) is 0 Å². The van der Waals surface area contributed by atoms with Crippen molar-refractivity contribution >= 4 is 45.9 Å². The number of nitrogens with one attached hydrogen (secondary N) is 1. The van der Waals surface area contributed by atoms with E-state index in [1.807, 2.05) is 24.3 Å². The predicted molar refractivity (Wildman–Crippen MR) is 161 cm³/mol. The summed E-state index contributed by atoms with van der Waals surface area (Å²) in [6, 6.07) is 27.0. The van der Waals surface area contributed by atoms with Gasteiger partial charge in [0.1, 0.15) is 0 Å². The van der Waals surface area contributed by atoms with E-state index in [4.69, 9.17) is 28.3 Å². The van der Waals surface area contributed by atoms with E-state index < -0.39 is 5.97 Å². The summed E-state index contributed by atoms with van der Waals surface area (Å²) in [5.41, 5.74) is 5.27. The molecule has 7 heteroatoms. The van der Waals surface area contributed by atoms with Crippen molar-refractivity contribution < 1.29 is 14.7 Å². The third-order valence-corrected chi connectivity index (χ3v) is 8.31. The number of hydrogen-bond donors (Lipinski definition) is 2. The number of aliphatic carboxylic acids is 1. The Morgan fingerprint density at radius 2 is 1.60 bits per heavy atom. The fraction of sp³-hybridized carbons (Fsp3) is 0.273. The van der Waals surface area contributed by atoms with Crippen LogP contribution >= 0.6 is 23.2 Å². The van der Waals surface area contributed by atoms with E-state index in [1.165, 1.54) is 21.9 Å². The smallest absolute Gasteiger partial charge is 0.305 e. The summed E-state index contributed by atoms with van der Waals surface area (Å²) >= 11 is 12.8. The van der Waals surface area contributed by atoms with E-state index in [2.05, 4.69) is 60.5 Å². The van der Waals surface area contributed by atoms with Gasteiger partial charge in [0.15, 0.2) is 0 Å². The second-order valence-corrected chi connectivity index (χ2v) is 11.5. The third kappa shape index (κ3) is 6.33. The van der Waals surface area contributed by atoms with Crippen molar-refractivity contribution in [2.45, 2.75) is 44.7 Å². The standard InChI is InChI=1S/C33H32Cl2N2O3/c1-20-3-4-25-14-26(10-9-24(25)13-20)31-17-28(27-15-29(34)18-30(35)16-27)19-37(31)21(2)22-5-7-23(8-6-22)33(40)36-12-11-32(38)39/h3-10,13-16,18,21,28,31H,11-12,17,19H2,1-2H3,(H,36,40)(H,38,39)/t21?,28-,31+/m0/s1. The Balaban J connectivity index is 1.43. The van der Waals surface area contributed by atoms with Gasteiger partial charge in [-0.15, -0.1) is 0 Å². The highest BCUT2D eigenvalue weighted by atomic mass is 35.5. The van der Waals surface area contributed by atoms with E-state index in [1.54, 1.807) is 18.2 Å². The zero-order chi connectivity index (χ0) is 28.4. The summed E-state index contributed by atoms with van der Waals surface area (Å²) in [4.78, 5) is 25.7. The van der Waals surface area contributed by atoms with Gasteiger partial charge in [-0.25, -0.2) is 0 Å². The number of carbonyl (C=O) groups is 2. The highest BCUT2D eigenvalue weighted by Gasteiger charge is 2.37. The van der Waals surface area contributed by atoms with Crippen LogP contribution in [-0.4, -0.2) is 35.0 Å². The lowest BCUT2D eigenvalue weighted by Gasteiger charge is -2.31. The van der Waals surface area contributed by atoms with E-state index in [-0.39, 0.29) is 36.9 Å². The van der Waals surface area contributed by atoms with Gasteiger partial charge in [0, 0.05) is 40.8 Å². The van der Waals surface area contributed by atoms with Crippen molar-refractivity contribution in [1.82, 2.24) is 10.2 Å². The number of aryl methyl sites for hydroxylation is 1. The van der Waals surface area contributed by atoms with Crippen molar-refractivity contribution in [1.29, 1.82) is 0 Å². The Morgan fingerprint density at radius 1 is 0.925 bits per heavy atom. The Hall–Kier alpha value is -3.38. The fourth-order valence-corrected chi connectivity index (χ4v) is 6.29. The molecule has 0 saturated carbocycles. The topological polar surface area (TPSA) is 69.6 Å². The first-order valence-corrected chi connectivity index (χ1v) is 14.3. The van der Waals surface area contributed by atoms with Crippen molar-refractivity contribution in [2.75, 3.05) is 13.1 Å². The minimum atomic E-state index is -0.940. The monoisotopic (exact) mass is 574 g/mol. The number of carboxylic acid groups (broad SMARTS) is 1. The molecule has 0 spiro atoms. The Morgan fingerprint density at radius 3 is 2.30 bits per heavy atom. The van der Waals surface area contributed by atoms with Gasteiger partial charge in [-0.2, -0.15) is 0 Å². The van der Waals surface area contributed by atoms with Crippen LogP contribution < -0.4 is 5.32 Å². The fourth-order valence-electron chi connectivity index (χ4n) is 5.75. The maximum Gasteiger partial charge on any atom is 0.305 e. The van der Waals surface area contributed by atoms with Crippen LogP contribution in [0.5, 0.6) is 0 Å². The number of likely N-dealkylation sites (tertiary alicyclic amines) is 1. The largest absolute Gasteiger partial charge is 0.481 e. The second kappa shape index (κ2) is 12.0. The summed E-state index contributed by atoms with van der Waals surface area (Å²) in [7, 11) is 0. The molecule has 2 N–H and O–H groups in total. The summed E-state index contributed by atoms with van der Waals surface area (Å²) in [5.74, 6) is -0.954. The highest BCUT2D eigenvalue weighted by Crippen LogP contribution is 2.46. The molecule has 40 heavy (non-hydrogen) atoms. The molecule has 1 aliphatic heterocycles. The number of amides is 1. The molecule has 1 fully saturated rings. The van der Waals surface area contributed by atoms with Crippen LogP contribution in [0.3, 0.4) is 0 Å². The normalized spacial score (nSPS) is 18.1. The molecular formula is C33H32Cl2N2O3. The SMILES string of the molecule is Cc1ccc2cc([C@H]3C[C@H](c4cc(Cl)cc(Cl)c4)CN3C(C)c3ccc(C(=O)NCCC(=O)O)cc3)ccc2c1. The molecule has 206 valence electrons. The molecule has 5 rings (SSSR count). The van der Waals surface area contributed by atoms with Crippen LogP contribution in [0.15, 0.2) is 78.9 Å². The molecule has 1 heterocycles. The van der Waals surface area contributed by atoms with Crippen molar-refractivity contribution in [3.63, 3.8) is 0 Å². The van der Waals surface area contributed by atoms with Gasteiger partial charge >= 0.3 is 5.97 Å². The molecule has 1 aliphatic rings. The molecule has 4 aromatic carbocycles. The average molecular weight is 576 g/mol. The molecular weight excluding hydrogens is 543 g/mol. The summed E-state index contributed by atoms with van der Waals surface area (Å²) in [6.45, 7) is 5.25. The number of fused-ring (bicyclic) bond motifs is 1. The molecule has 5 nitrogen and oxygen atoms in total. The van der Waals surface area contributed by atoms with Gasteiger partial charge in [0.05, 0.1) is 6.42 Å². The number of rotatable bonds is 8. The predicted octanol–water partition coefficient (Wildman–Crippen LogP) is 7.95. The van der Waals surface area contributed by atoms with Crippen molar-refractivity contribution in [3.05, 3.63) is 117 Å². The maximum atomic E-state index is 12.4. The first kappa shape index (κ1) is 28.2. The first-order valence-electron chi connectivity index (χ1n) is 13.5. The zero-order valence-corrected chi connectivity index (χ0v) is 24.0. The minimum absolute atomic E-state index is 0.0856. The number of nitrogens with zero attached hydrogens (tertiary/aromatic N) is 1. The van der Waals surface area contributed by atoms with Gasteiger partial charge < -0.3 is 10.4 Å². The number of carbonyl (C=O) groups excluding carboxylic acids is 1. The average Bonchev–Trinajstić information content (AvgIpc) is 3.37. The Labute approximate surface area is 244 Å². The molecule has 1 saturated heterocycles. The van der Waals surface area contributed by atoms with Gasteiger partial charge in [-0.1, -0.05) is 71.2 Å². The van der Waals surface area contributed by atoms with Crippen LogP contribution in [0.4, 0.5) is 0 Å². The maximum absolute atomic E-state index is 12.4. The summed E-state index contributed by atoms with van der Waals surface area (Å²) in [6.07, 6.45) is 0.826. The van der Waals surface area contributed by atoms with E-state index in [0.717, 1.165) is 24.1 Å². The molecule has 1 amide bonds. The molecule has 0 radical (unpaired) electrons. The number of hydrogen-bond acceptors (Lipinski definition) is 3. The molecule has 0 bridgehead atoms. The number of benzene rings is 4. The van der Waals surface area contributed by atoms with Crippen LogP contribution in [0, 0.1) is 6.92 Å². The molecule has 3 atom stereocenters. The van der Waals surface area contributed by atoms with Crippen LogP contribution in [0.25, 0.3) is 10.8 Å². The number of halogens is 2. The minimum Gasteiger partial charge on any atom is -0.481 e. The zero-order valence-electron chi connectivity index (χ0n) is 22.5. The Bertz CT molecular complexity index is 1530. The second-order valence-electron chi connectivity index (χ2n) is 10.7. The summed E-state index contributed by atoms with van der Waals surface area (Å²) < 4.78 is 0. The molecule has 0 aliphatic carbocycles. The van der Waals surface area contributed by atoms with E-state index in [9.17, 15) is 9.59 Å². The van der Waals surface area contributed by atoms with E-state index >= 15 is 0 Å². The summed E-state index contributed by atoms with van der Waals surface area (Å²) in [5, 5.41) is 15.2. The highest BCUT2D eigenvalue weighted by molar-refractivity contribution is 6.34. The van der Waals surface area contributed by atoms with Crippen molar-refractivity contribution in [2.24, 2.45) is 0 Å². The molecule has 0 aromatic heterocycles. The molecule has 4 aromatic rings. The number of carboxylic acids is 1.